The lowest BCUT2D eigenvalue weighted by molar-refractivity contribution is -0.146. The molecule has 5 nitrogen and oxygen atoms in total. The van der Waals surface area contributed by atoms with Gasteiger partial charge in [0.15, 0.2) is 0 Å². The number of nitrogens with one attached hydrogen (secondary N) is 1. The number of aliphatic carboxylic acids is 1. The number of carbonyl (C=O) groups is 2. The Morgan fingerprint density at radius 2 is 2.04 bits per heavy atom. The Hall–Kier alpha value is -2.04. The van der Waals surface area contributed by atoms with Gasteiger partial charge in [0.25, 0.3) is 0 Å². The molecular formula is C18H26N2O3. The van der Waals surface area contributed by atoms with E-state index >= 15 is 0 Å². The second kappa shape index (κ2) is 7.49. The fraction of sp³-hybridized carbons (Fsp3) is 0.556. The summed E-state index contributed by atoms with van der Waals surface area (Å²) in [7, 11) is 0. The highest BCUT2D eigenvalue weighted by Crippen LogP contribution is 2.30. The predicted octanol–water partition coefficient (Wildman–Crippen LogP) is 2.90. The molecule has 0 bridgehead atoms. The minimum atomic E-state index is -0.831. The molecule has 1 aliphatic rings. The van der Waals surface area contributed by atoms with E-state index in [4.69, 9.17) is 0 Å². The normalized spacial score (nSPS) is 21.9. The lowest BCUT2D eigenvalue weighted by Gasteiger charge is -2.24. The number of likely N-dealkylation sites (tertiary alicyclic amines) is 1. The Bertz CT molecular complexity index is 546. The van der Waals surface area contributed by atoms with E-state index in [-0.39, 0.29) is 18.6 Å². The van der Waals surface area contributed by atoms with Crippen molar-refractivity contribution in [2.75, 3.05) is 13.1 Å². The van der Waals surface area contributed by atoms with Crippen LogP contribution in [0.5, 0.6) is 0 Å². The molecule has 0 spiro atoms. The van der Waals surface area contributed by atoms with Crippen molar-refractivity contribution >= 4 is 12.0 Å². The van der Waals surface area contributed by atoms with E-state index in [1.165, 1.54) is 5.56 Å². The standard InChI is InChI=1S/C18H26N2O3/c1-3-7-15(12-14-8-5-4-6-9-14)19-17(23)20-11-10-18(2,13-20)16(21)22/h4-6,8-9,15H,3,7,10-13H2,1-2H3,(H,19,23)(H,21,22). The van der Waals surface area contributed by atoms with Gasteiger partial charge in [0.05, 0.1) is 5.41 Å². The molecular weight excluding hydrogens is 292 g/mol. The number of carboxylic acids is 1. The first-order chi connectivity index (χ1) is 10.9. The van der Waals surface area contributed by atoms with Gasteiger partial charge in [0, 0.05) is 19.1 Å². The highest BCUT2D eigenvalue weighted by atomic mass is 16.4. The SMILES string of the molecule is CCCC(Cc1ccccc1)NC(=O)N1CCC(C)(C(=O)O)C1. The second-order valence-corrected chi connectivity index (χ2v) is 6.66. The number of rotatable bonds is 6. The number of hydrogen-bond acceptors (Lipinski definition) is 2. The summed E-state index contributed by atoms with van der Waals surface area (Å²) in [6, 6.07) is 10.0. The molecule has 0 aromatic heterocycles. The van der Waals surface area contributed by atoms with Crippen LogP contribution in [0.3, 0.4) is 0 Å². The highest BCUT2D eigenvalue weighted by molar-refractivity contribution is 5.79. The average Bonchev–Trinajstić information content (AvgIpc) is 2.93. The Morgan fingerprint density at radius 3 is 2.61 bits per heavy atom. The Morgan fingerprint density at radius 1 is 1.35 bits per heavy atom. The third kappa shape index (κ3) is 4.47. The zero-order valence-electron chi connectivity index (χ0n) is 13.9. The number of amides is 2. The van der Waals surface area contributed by atoms with Gasteiger partial charge < -0.3 is 15.3 Å². The maximum atomic E-state index is 12.5. The van der Waals surface area contributed by atoms with Crippen molar-refractivity contribution < 1.29 is 14.7 Å². The topological polar surface area (TPSA) is 69.6 Å². The molecule has 1 aromatic carbocycles. The summed E-state index contributed by atoms with van der Waals surface area (Å²) in [5.41, 5.74) is 0.375. The van der Waals surface area contributed by atoms with Crippen LogP contribution in [0.1, 0.15) is 38.7 Å². The largest absolute Gasteiger partial charge is 0.481 e. The van der Waals surface area contributed by atoms with Crippen molar-refractivity contribution in [2.45, 2.75) is 45.6 Å². The van der Waals surface area contributed by atoms with Crippen LogP contribution in [-0.2, 0) is 11.2 Å². The molecule has 23 heavy (non-hydrogen) atoms. The highest BCUT2D eigenvalue weighted by Gasteiger charge is 2.42. The van der Waals surface area contributed by atoms with E-state index < -0.39 is 11.4 Å². The third-order valence-electron chi connectivity index (χ3n) is 4.57. The minimum absolute atomic E-state index is 0.0755. The van der Waals surface area contributed by atoms with Crippen molar-refractivity contribution in [1.82, 2.24) is 10.2 Å². The molecule has 126 valence electrons. The molecule has 2 atom stereocenters. The first kappa shape index (κ1) is 17.3. The number of hydrogen-bond donors (Lipinski definition) is 2. The molecule has 1 aromatic rings. The zero-order valence-corrected chi connectivity index (χ0v) is 13.9. The van der Waals surface area contributed by atoms with Gasteiger partial charge in [-0.05, 0) is 31.7 Å². The number of nitrogens with zero attached hydrogens (tertiary/aromatic N) is 1. The fourth-order valence-electron chi connectivity index (χ4n) is 3.05. The summed E-state index contributed by atoms with van der Waals surface area (Å²) < 4.78 is 0. The van der Waals surface area contributed by atoms with Crippen LogP contribution in [0.2, 0.25) is 0 Å². The summed E-state index contributed by atoms with van der Waals surface area (Å²) in [6.07, 6.45) is 3.20. The lowest BCUT2D eigenvalue weighted by atomic mass is 9.90. The Kier molecular flexibility index (Phi) is 5.64. The van der Waals surface area contributed by atoms with Gasteiger partial charge in [-0.3, -0.25) is 4.79 Å². The molecule has 0 aliphatic carbocycles. The molecule has 1 heterocycles. The van der Waals surface area contributed by atoms with Crippen LogP contribution < -0.4 is 5.32 Å². The smallest absolute Gasteiger partial charge is 0.317 e. The molecule has 2 unspecified atom stereocenters. The first-order valence-electron chi connectivity index (χ1n) is 8.27. The van der Waals surface area contributed by atoms with E-state index in [1.807, 2.05) is 18.2 Å². The number of urea groups is 1. The van der Waals surface area contributed by atoms with E-state index in [0.717, 1.165) is 19.3 Å². The zero-order chi connectivity index (χ0) is 16.9. The van der Waals surface area contributed by atoms with Crippen LogP contribution >= 0.6 is 0 Å². The van der Waals surface area contributed by atoms with Crippen LogP contribution in [-0.4, -0.2) is 41.1 Å². The first-order valence-corrected chi connectivity index (χ1v) is 8.27. The van der Waals surface area contributed by atoms with Gasteiger partial charge in [-0.15, -0.1) is 0 Å². The van der Waals surface area contributed by atoms with Crippen LogP contribution in [0.4, 0.5) is 4.79 Å². The van der Waals surface area contributed by atoms with Crippen LogP contribution in [0, 0.1) is 5.41 Å². The second-order valence-electron chi connectivity index (χ2n) is 6.66. The van der Waals surface area contributed by atoms with Crippen LogP contribution in [0.25, 0.3) is 0 Å². The maximum Gasteiger partial charge on any atom is 0.317 e. The van der Waals surface area contributed by atoms with Crippen LogP contribution in [0.15, 0.2) is 30.3 Å². The van der Waals surface area contributed by atoms with Crippen molar-refractivity contribution in [1.29, 1.82) is 0 Å². The molecule has 2 N–H and O–H groups in total. The Labute approximate surface area is 137 Å². The molecule has 0 saturated carbocycles. The number of carbonyl (C=O) groups excluding carboxylic acids is 1. The van der Waals surface area contributed by atoms with Gasteiger partial charge in [-0.1, -0.05) is 43.7 Å². The lowest BCUT2D eigenvalue weighted by Crippen LogP contribution is -2.45. The summed E-state index contributed by atoms with van der Waals surface area (Å²) in [5, 5.41) is 12.4. The molecule has 2 amide bonds. The van der Waals surface area contributed by atoms with E-state index in [2.05, 4.69) is 24.4 Å². The molecule has 1 fully saturated rings. The molecule has 2 rings (SSSR count). The van der Waals surface area contributed by atoms with Crippen molar-refractivity contribution in [3.05, 3.63) is 35.9 Å². The predicted molar refractivity (Wildman–Crippen MR) is 89.3 cm³/mol. The molecule has 1 saturated heterocycles. The van der Waals surface area contributed by atoms with E-state index in [0.29, 0.717) is 13.0 Å². The van der Waals surface area contributed by atoms with Gasteiger partial charge >= 0.3 is 12.0 Å². The summed E-state index contributed by atoms with van der Waals surface area (Å²) >= 11 is 0. The molecule has 5 heteroatoms. The van der Waals surface area contributed by atoms with Gasteiger partial charge in [0.1, 0.15) is 0 Å². The average molecular weight is 318 g/mol. The molecule has 0 radical (unpaired) electrons. The maximum absolute atomic E-state index is 12.5. The summed E-state index contributed by atoms with van der Waals surface area (Å²) in [6.45, 7) is 4.58. The number of benzene rings is 1. The van der Waals surface area contributed by atoms with Crippen molar-refractivity contribution in [2.24, 2.45) is 5.41 Å². The van der Waals surface area contributed by atoms with Gasteiger partial charge in [0.2, 0.25) is 0 Å². The van der Waals surface area contributed by atoms with E-state index in [9.17, 15) is 14.7 Å². The quantitative estimate of drug-likeness (QED) is 0.847. The number of carboxylic acid groups (broad SMARTS) is 1. The summed E-state index contributed by atoms with van der Waals surface area (Å²) in [4.78, 5) is 25.4. The fourth-order valence-corrected chi connectivity index (χ4v) is 3.05. The van der Waals surface area contributed by atoms with Gasteiger partial charge in [-0.2, -0.15) is 0 Å². The minimum Gasteiger partial charge on any atom is -0.481 e. The van der Waals surface area contributed by atoms with Crippen molar-refractivity contribution in [3.8, 4) is 0 Å². The third-order valence-corrected chi connectivity index (χ3v) is 4.57. The van der Waals surface area contributed by atoms with Crippen molar-refractivity contribution in [3.63, 3.8) is 0 Å². The summed E-state index contributed by atoms with van der Waals surface area (Å²) in [5.74, 6) is -0.831. The molecule has 1 aliphatic heterocycles. The monoisotopic (exact) mass is 318 g/mol. The Balaban J connectivity index is 1.95. The van der Waals surface area contributed by atoms with E-state index in [1.54, 1.807) is 11.8 Å². The van der Waals surface area contributed by atoms with Gasteiger partial charge in [-0.25, -0.2) is 4.79 Å².